The second kappa shape index (κ2) is 5.10. The number of benzene rings is 2. The van der Waals surface area contributed by atoms with Crippen molar-refractivity contribution < 1.29 is 4.74 Å². The minimum Gasteiger partial charge on any atom is -0.383 e. The summed E-state index contributed by atoms with van der Waals surface area (Å²) in [6.45, 7) is 0.604. The average Bonchev–Trinajstić information content (AvgIpc) is 2.29. The molecule has 0 heterocycles. The van der Waals surface area contributed by atoms with Crippen molar-refractivity contribution in [3.8, 4) is 0 Å². The van der Waals surface area contributed by atoms with Crippen molar-refractivity contribution in [1.29, 1.82) is 0 Å². The molecule has 0 saturated heterocycles. The molecule has 0 amide bonds. The van der Waals surface area contributed by atoms with E-state index in [1.54, 1.807) is 7.11 Å². The van der Waals surface area contributed by atoms with Crippen molar-refractivity contribution in [1.82, 2.24) is 0 Å². The van der Waals surface area contributed by atoms with E-state index in [4.69, 9.17) is 10.5 Å². The van der Waals surface area contributed by atoms with Crippen LogP contribution in [0.4, 0.5) is 0 Å². The minimum absolute atomic E-state index is 0.0752. The van der Waals surface area contributed by atoms with E-state index in [-0.39, 0.29) is 6.04 Å². The highest BCUT2D eigenvalue weighted by Gasteiger charge is 2.03. The zero-order valence-electron chi connectivity index (χ0n) is 9.52. The Morgan fingerprint density at radius 3 is 2.62 bits per heavy atom. The van der Waals surface area contributed by atoms with Crippen LogP contribution in [0.25, 0.3) is 10.8 Å². The molecule has 2 aromatic rings. The lowest BCUT2D eigenvalue weighted by atomic mass is 10.0. The summed E-state index contributed by atoms with van der Waals surface area (Å²) >= 11 is 0. The van der Waals surface area contributed by atoms with Gasteiger partial charge in [0.05, 0.1) is 6.61 Å². The minimum atomic E-state index is 0.0752. The van der Waals surface area contributed by atoms with Gasteiger partial charge in [-0.2, -0.15) is 0 Å². The highest BCUT2D eigenvalue weighted by molar-refractivity contribution is 5.82. The third-order valence-electron chi connectivity index (χ3n) is 2.69. The van der Waals surface area contributed by atoms with Gasteiger partial charge in [0.15, 0.2) is 0 Å². The Kier molecular flexibility index (Phi) is 3.54. The molecule has 2 nitrogen and oxygen atoms in total. The van der Waals surface area contributed by atoms with Gasteiger partial charge in [-0.25, -0.2) is 0 Å². The molecule has 0 aliphatic rings. The van der Waals surface area contributed by atoms with Crippen LogP contribution in [0.15, 0.2) is 42.5 Å². The Labute approximate surface area is 96.0 Å². The van der Waals surface area contributed by atoms with Crippen LogP contribution in [0.2, 0.25) is 0 Å². The Balaban J connectivity index is 2.19. The fourth-order valence-corrected chi connectivity index (χ4v) is 1.94. The van der Waals surface area contributed by atoms with E-state index in [2.05, 4.69) is 42.5 Å². The van der Waals surface area contributed by atoms with Crippen molar-refractivity contribution in [2.45, 2.75) is 12.5 Å². The number of ether oxygens (including phenoxy) is 1. The molecule has 0 radical (unpaired) electrons. The van der Waals surface area contributed by atoms with Gasteiger partial charge >= 0.3 is 0 Å². The molecule has 2 aromatic carbocycles. The average molecular weight is 215 g/mol. The van der Waals surface area contributed by atoms with E-state index in [0.29, 0.717) is 6.61 Å². The van der Waals surface area contributed by atoms with Crippen LogP contribution in [-0.4, -0.2) is 19.8 Å². The van der Waals surface area contributed by atoms with Gasteiger partial charge in [0.25, 0.3) is 0 Å². The number of fused-ring (bicyclic) bond motifs is 1. The molecule has 2 N–H and O–H groups in total. The predicted octanol–water partition coefficient (Wildman–Crippen LogP) is 2.36. The maximum absolute atomic E-state index is 5.94. The molecular formula is C14H17NO. The van der Waals surface area contributed by atoms with Gasteiger partial charge < -0.3 is 10.5 Å². The van der Waals surface area contributed by atoms with E-state index in [0.717, 1.165) is 6.42 Å². The Morgan fingerprint density at radius 1 is 1.12 bits per heavy atom. The summed E-state index contributed by atoms with van der Waals surface area (Å²) in [5, 5.41) is 2.54. The van der Waals surface area contributed by atoms with E-state index in [9.17, 15) is 0 Å². The predicted molar refractivity (Wildman–Crippen MR) is 67.5 cm³/mol. The second-order valence-electron chi connectivity index (χ2n) is 4.10. The maximum Gasteiger partial charge on any atom is 0.0616 e. The van der Waals surface area contributed by atoms with Gasteiger partial charge in [-0.05, 0) is 22.8 Å². The van der Waals surface area contributed by atoms with Crippen LogP contribution in [0.5, 0.6) is 0 Å². The molecule has 0 aromatic heterocycles. The lowest BCUT2D eigenvalue weighted by Gasteiger charge is -2.10. The summed E-state index contributed by atoms with van der Waals surface area (Å²) in [7, 11) is 1.68. The quantitative estimate of drug-likeness (QED) is 0.849. The van der Waals surface area contributed by atoms with E-state index in [1.165, 1.54) is 16.3 Å². The molecule has 2 rings (SSSR count). The summed E-state index contributed by atoms with van der Waals surface area (Å²) in [4.78, 5) is 0. The third-order valence-corrected chi connectivity index (χ3v) is 2.69. The largest absolute Gasteiger partial charge is 0.383 e. The zero-order chi connectivity index (χ0) is 11.4. The molecule has 0 fully saturated rings. The van der Waals surface area contributed by atoms with Crippen molar-refractivity contribution in [3.63, 3.8) is 0 Å². The topological polar surface area (TPSA) is 35.2 Å². The molecule has 0 aliphatic heterocycles. The van der Waals surface area contributed by atoms with Gasteiger partial charge in [0, 0.05) is 13.2 Å². The second-order valence-corrected chi connectivity index (χ2v) is 4.10. The fourth-order valence-electron chi connectivity index (χ4n) is 1.94. The van der Waals surface area contributed by atoms with Crippen molar-refractivity contribution in [2.75, 3.05) is 13.7 Å². The maximum atomic E-state index is 5.94. The molecule has 84 valence electrons. The molecule has 1 unspecified atom stereocenters. The van der Waals surface area contributed by atoms with Gasteiger partial charge in [-0.3, -0.25) is 0 Å². The number of hydrogen-bond donors (Lipinski definition) is 1. The first-order chi connectivity index (χ1) is 7.79. The van der Waals surface area contributed by atoms with Crippen LogP contribution in [0.1, 0.15) is 5.56 Å². The summed E-state index contributed by atoms with van der Waals surface area (Å²) in [5.74, 6) is 0. The Morgan fingerprint density at radius 2 is 1.88 bits per heavy atom. The number of hydrogen-bond acceptors (Lipinski definition) is 2. The lowest BCUT2D eigenvalue weighted by molar-refractivity contribution is 0.180. The number of methoxy groups -OCH3 is 1. The highest BCUT2D eigenvalue weighted by atomic mass is 16.5. The third kappa shape index (κ3) is 2.60. The Bertz CT molecular complexity index is 467. The van der Waals surface area contributed by atoms with Crippen LogP contribution in [-0.2, 0) is 11.2 Å². The van der Waals surface area contributed by atoms with Crippen molar-refractivity contribution >= 4 is 10.8 Å². The normalized spacial score (nSPS) is 12.9. The van der Waals surface area contributed by atoms with Crippen LogP contribution >= 0.6 is 0 Å². The van der Waals surface area contributed by atoms with Crippen LogP contribution < -0.4 is 5.73 Å². The summed E-state index contributed by atoms with van der Waals surface area (Å²) in [5.41, 5.74) is 7.20. The van der Waals surface area contributed by atoms with Gasteiger partial charge in [-0.1, -0.05) is 42.5 Å². The number of nitrogens with two attached hydrogens (primary N) is 1. The van der Waals surface area contributed by atoms with Gasteiger partial charge in [0.2, 0.25) is 0 Å². The number of rotatable bonds is 4. The molecule has 0 aliphatic carbocycles. The van der Waals surface area contributed by atoms with Crippen LogP contribution in [0, 0.1) is 0 Å². The molecule has 0 saturated carbocycles. The molecule has 16 heavy (non-hydrogen) atoms. The van der Waals surface area contributed by atoms with Gasteiger partial charge in [-0.15, -0.1) is 0 Å². The molecule has 0 spiro atoms. The molecule has 1 atom stereocenters. The van der Waals surface area contributed by atoms with Crippen molar-refractivity contribution in [3.05, 3.63) is 48.0 Å². The summed E-state index contributed by atoms with van der Waals surface area (Å²) in [6, 6.07) is 14.9. The first kappa shape index (κ1) is 11.1. The summed E-state index contributed by atoms with van der Waals surface area (Å²) < 4.78 is 5.04. The van der Waals surface area contributed by atoms with Crippen molar-refractivity contribution in [2.24, 2.45) is 5.73 Å². The van der Waals surface area contributed by atoms with E-state index < -0.39 is 0 Å². The zero-order valence-corrected chi connectivity index (χ0v) is 9.52. The van der Waals surface area contributed by atoms with Crippen LogP contribution in [0.3, 0.4) is 0 Å². The first-order valence-electron chi connectivity index (χ1n) is 5.52. The van der Waals surface area contributed by atoms with E-state index in [1.807, 2.05) is 0 Å². The van der Waals surface area contributed by atoms with Gasteiger partial charge in [0.1, 0.15) is 0 Å². The molecule has 0 bridgehead atoms. The first-order valence-corrected chi connectivity index (χ1v) is 5.52. The smallest absolute Gasteiger partial charge is 0.0616 e. The Hall–Kier alpha value is -1.38. The highest BCUT2D eigenvalue weighted by Crippen LogP contribution is 2.16. The molecular weight excluding hydrogens is 198 g/mol. The van der Waals surface area contributed by atoms with E-state index >= 15 is 0 Å². The summed E-state index contributed by atoms with van der Waals surface area (Å²) in [6.07, 6.45) is 0.860. The fraction of sp³-hybridized carbons (Fsp3) is 0.286. The monoisotopic (exact) mass is 215 g/mol. The lowest BCUT2D eigenvalue weighted by Crippen LogP contribution is -2.27. The standard InChI is InChI=1S/C14H17NO/c1-16-10-14(15)9-11-6-7-12-4-2-3-5-13(12)8-11/h2-8,14H,9-10,15H2,1H3. The SMILES string of the molecule is COCC(N)Cc1ccc2ccccc2c1. The molecule has 2 heteroatoms.